The fourth-order valence-corrected chi connectivity index (χ4v) is 3.07. The third-order valence-electron chi connectivity index (χ3n) is 4.97. The number of carbonyl (C=O) groups excluding carboxylic acids is 2. The van der Waals surface area contributed by atoms with E-state index in [0.29, 0.717) is 5.69 Å². The molecule has 6 heteroatoms. The molecule has 0 heterocycles. The number of para-hydroxylation sites is 1. The van der Waals surface area contributed by atoms with Crippen LogP contribution < -0.4 is 15.5 Å². The molecule has 30 heavy (non-hydrogen) atoms. The van der Waals surface area contributed by atoms with Gasteiger partial charge >= 0.3 is 0 Å². The number of nitrogens with one attached hydrogen (secondary N) is 3. The molecule has 5 nitrogen and oxygen atoms in total. The summed E-state index contributed by atoms with van der Waals surface area (Å²) in [5.41, 5.74) is 3.19. The molecular weight excluding hydrogens is 381 g/mol. The molecule has 154 valence electrons. The van der Waals surface area contributed by atoms with Crippen LogP contribution in [0.1, 0.15) is 6.92 Å². The Kier molecular flexibility index (Phi) is 6.93. The average molecular weight is 406 g/mol. The topological polar surface area (TPSA) is 62.6 Å². The molecule has 2 atom stereocenters. The van der Waals surface area contributed by atoms with E-state index in [0.717, 1.165) is 21.7 Å². The summed E-state index contributed by atoms with van der Waals surface area (Å²) in [6, 6.07) is 22.6. The van der Waals surface area contributed by atoms with Gasteiger partial charge in [-0.1, -0.05) is 48.5 Å². The van der Waals surface area contributed by atoms with Gasteiger partial charge in [0, 0.05) is 16.9 Å². The van der Waals surface area contributed by atoms with Gasteiger partial charge in [-0.15, -0.1) is 0 Å². The zero-order valence-corrected chi connectivity index (χ0v) is 17.0. The van der Waals surface area contributed by atoms with Gasteiger partial charge in [0.25, 0.3) is 11.8 Å². The lowest BCUT2D eigenvalue weighted by Crippen LogP contribution is -3.14. The van der Waals surface area contributed by atoms with Crippen molar-refractivity contribution in [2.24, 2.45) is 0 Å². The number of carbonyl (C=O) groups is 2. The summed E-state index contributed by atoms with van der Waals surface area (Å²) in [5.74, 6) is -0.786. The highest BCUT2D eigenvalue weighted by Crippen LogP contribution is 2.27. The molecule has 3 rings (SSSR count). The van der Waals surface area contributed by atoms with Gasteiger partial charge < -0.3 is 15.5 Å². The summed E-state index contributed by atoms with van der Waals surface area (Å²) in [5, 5.41) is 5.70. The zero-order valence-electron chi connectivity index (χ0n) is 17.0. The van der Waals surface area contributed by atoms with Crippen LogP contribution in [0.25, 0.3) is 11.1 Å². The Morgan fingerprint density at radius 3 is 2.23 bits per heavy atom. The standard InChI is InChI=1S/C24H24FN3O2/c1-17(28(2)16-23(29)26-20-14-12-19(25)13-15-20)24(30)27-22-11-7-6-10-21(22)18-8-4-3-5-9-18/h3-15,17H,16H2,1-2H3,(H,26,29)(H,27,30)/p+1/t17-/m1/s1. The van der Waals surface area contributed by atoms with Gasteiger partial charge in [0.1, 0.15) is 5.82 Å². The minimum atomic E-state index is -0.451. The molecule has 0 radical (unpaired) electrons. The largest absolute Gasteiger partial charge is 0.321 e. The summed E-state index contributed by atoms with van der Waals surface area (Å²) in [6.45, 7) is 1.88. The molecule has 0 bridgehead atoms. The highest BCUT2D eigenvalue weighted by atomic mass is 19.1. The van der Waals surface area contributed by atoms with Crippen LogP contribution >= 0.6 is 0 Å². The second-order valence-corrected chi connectivity index (χ2v) is 7.20. The van der Waals surface area contributed by atoms with Crippen molar-refractivity contribution in [3.8, 4) is 11.1 Å². The summed E-state index contributed by atoms with van der Waals surface area (Å²) in [4.78, 5) is 25.8. The fraction of sp³-hybridized carbons (Fsp3) is 0.167. The first-order chi connectivity index (χ1) is 14.4. The lowest BCUT2D eigenvalue weighted by molar-refractivity contribution is -0.885. The lowest BCUT2D eigenvalue weighted by Gasteiger charge is -2.21. The SMILES string of the molecule is C[C@H](C(=O)Nc1ccccc1-c1ccccc1)[NH+](C)CC(=O)Nc1ccc(F)cc1. The maximum atomic E-state index is 13.0. The Balaban J connectivity index is 1.62. The average Bonchev–Trinajstić information content (AvgIpc) is 2.75. The molecule has 2 amide bonds. The van der Waals surface area contributed by atoms with Gasteiger partial charge in [-0.2, -0.15) is 0 Å². The molecule has 0 saturated carbocycles. The number of hydrogen-bond acceptors (Lipinski definition) is 2. The van der Waals surface area contributed by atoms with Gasteiger partial charge in [-0.25, -0.2) is 4.39 Å². The van der Waals surface area contributed by atoms with Crippen LogP contribution in [0.4, 0.5) is 15.8 Å². The van der Waals surface area contributed by atoms with Crippen molar-refractivity contribution in [1.29, 1.82) is 0 Å². The van der Waals surface area contributed by atoms with E-state index in [4.69, 9.17) is 0 Å². The van der Waals surface area contributed by atoms with Crippen molar-refractivity contribution < 1.29 is 18.9 Å². The second kappa shape index (κ2) is 9.80. The number of benzene rings is 3. The molecule has 0 aliphatic rings. The maximum absolute atomic E-state index is 13.0. The molecule has 3 aromatic carbocycles. The summed E-state index contributed by atoms with van der Waals surface area (Å²) in [7, 11) is 1.79. The zero-order chi connectivity index (χ0) is 21.5. The number of rotatable bonds is 7. The summed E-state index contributed by atoms with van der Waals surface area (Å²) in [6.07, 6.45) is 0. The predicted molar refractivity (Wildman–Crippen MR) is 117 cm³/mol. The van der Waals surface area contributed by atoms with E-state index in [1.54, 1.807) is 14.0 Å². The number of halogens is 1. The van der Waals surface area contributed by atoms with Gasteiger partial charge in [0.05, 0.1) is 7.05 Å². The van der Waals surface area contributed by atoms with Gasteiger partial charge in [0.15, 0.2) is 12.6 Å². The molecule has 0 aliphatic heterocycles. The quantitative estimate of drug-likeness (QED) is 0.565. The van der Waals surface area contributed by atoms with Crippen LogP contribution in [-0.4, -0.2) is 31.4 Å². The van der Waals surface area contributed by atoms with Crippen molar-refractivity contribution in [1.82, 2.24) is 0 Å². The van der Waals surface area contributed by atoms with Gasteiger partial charge in [-0.3, -0.25) is 9.59 Å². The number of anilines is 2. The van der Waals surface area contributed by atoms with Crippen molar-refractivity contribution in [2.45, 2.75) is 13.0 Å². The summed E-state index contributed by atoms with van der Waals surface area (Å²) < 4.78 is 13.0. The first-order valence-electron chi connectivity index (χ1n) is 9.77. The molecule has 0 aromatic heterocycles. The Labute approximate surface area is 175 Å². The van der Waals surface area contributed by atoms with E-state index in [1.165, 1.54) is 24.3 Å². The van der Waals surface area contributed by atoms with E-state index in [2.05, 4.69) is 10.6 Å². The Bertz CT molecular complexity index is 1010. The van der Waals surface area contributed by atoms with Crippen LogP contribution in [0.2, 0.25) is 0 Å². The highest BCUT2D eigenvalue weighted by molar-refractivity contribution is 5.98. The monoisotopic (exact) mass is 406 g/mol. The van der Waals surface area contributed by atoms with Gasteiger partial charge in [-0.05, 0) is 42.8 Å². The Hall–Kier alpha value is -3.51. The predicted octanol–water partition coefficient (Wildman–Crippen LogP) is 2.97. The number of amides is 2. The van der Waals surface area contributed by atoms with E-state index in [-0.39, 0.29) is 24.2 Å². The molecule has 0 spiro atoms. The first kappa shape index (κ1) is 21.2. The molecule has 0 fully saturated rings. The molecule has 1 unspecified atom stereocenters. The van der Waals surface area contributed by atoms with Crippen LogP contribution in [-0.2, 0) is 9.59 Å². The molecule has 3 aromatic rings. The highest BCUT2D eigenvalue weighted by Gasteiger charge is 2.24. The van der Waals surface area contributed by atoms with Gasteiger partial charge in [0.2, 0.25) is 0 Å². The maximum Gasteiger partial charge on any atom is 0.282 e. The number of quaternary nitrogens is 1. The smallest absolute Gasteiger partial charge is 0.282 e. The van der Waals surface area contributed by atoms with E-state index in [1.807, 2.05) is 54.6 Å². The molecule has 0 saturated heterocycles. The number of likely N-dealkylation sites (N-methyl/N-ethyl adjacent to an activating group) is 1. The lowest BCUT2D eigenvalue weighted by atomic mass is 10.0. The Morgan fingerprint density at radius 1 is 0.900 bits per heavy atom. The number of hydrogen-bond donors (Lipinski definition) is 3. The van der Waals surface area contributed by atoms with Crippen LogP contribution in [0.3, 0.4) is 0 Å². The van der Waals surface area contributed by atoms with Crippen molar-refractivity contribution in [2.75, 3.05) is 24.2 Å². The van der Waals surface area contributed by atoms with E-state index in [9.17, 15) is 14.0 Å². The second-order valence-electron chi connectivity index (χ2n) is 7.20. The first-order valence-corrected chi connectivity index (χ1v) is 9.77. The molecular formula is C24H25FN3O2+. The summed E-state index contributed by atoms with van der Waals surface area (Å²) >= 11 is 0. The minimum absolute atomic E-state index is 0.103. The third kappa shape index (κ3) is 5.52. The Morgan fingerprint density at radius 2 is 1.53 bits per heavy atom. The normalized spacial score (nSPS) is 12.6. The van der Waals surface area contributed by atoms with Crippen LogP contribution in [0.15, 0.2) is 78.9 Å². The van der Waals surface area contributed by atoms with E-state index < -0.39 is 6.04 Å². The van der Waals surface area contributed by atoms with Crippen molar-refractivity contribution in [3.63, 3.8) is 0 Å². The van der Waals surface area contributed by atoms with Crippen molar-refractivity contribution in [3.05, 3.63) is 84.7 Å². The molecule has 3 N–H and O–H groups in total. The van der Waals surface area contributed by atoms with Crippen molar-refractivity contribution >= 4 is 23.2 Å². The molecule has 0 aliphatic carbocycles. The third-order valence-corrected chi connectivity index (χ3v) is 4.97. The van der Waals surface area contributed by atoms with Crippen LogP contribution in [0.5, 0.6) is 0 Å². The van der Waals surface area contributed by atoms with Crippen LogP contribution in [0, 0.1) is 5.82 Å². The fourth-order valence-electron chi connectivity index (χ4n) is 3.07. The minimum Gasteiger partial charge on any atom is -0.321 e. The van der Waals surface area contributed by atoms with E-state index >= 15 is 0 Å².